The smallest absolute Gasteiger partial charge is 0.212 e. The van der Waals surface area contributed by atoms with E-state index in [0.717, 1.165) is 37.5 Å². The van der Waals surface area contributed by atoms with E-state index >= 15 is 0 Å². The van der Waals surface area contributed by atoms with Crippen molar-refractivity contribution in [2.24, 2.45) is 11.8 Å². The van der Waals surface area contributed by atoms with Crippen LogP contribution < -0.4 is 4.74 Å². The Labute approximate surface area is 182 Å². The molecule has 31 heavy (non-hydrogen) atoms. The Bertz CT molecular complexity index is 1040. The van der Waals surface area contributed by atoms with Crippen LogP contribution in [0.1, 0.15) is 67.3 Å². The molecule has 1 aliphatic carbocycles. The summed E-state index contributed by atoms with van der Waals surface area (Å²) in [5.41, 5.74) is 2.32. The number of hydrogen-bond donors (Lipinski definition) is 0. The van der Waals surface area contributed by atoms with E-state index in [1.807, 2.05) is 12.1 Å². The Hall–Kier alpha value is -2.82. The molecule has 2 aromatic heterocycles. The van der Waals surface area contributed by atoms with Crippen LogP contribution in [0.3, 0.4) is 0 Å². The second kappa shape index (κ2) is 9.54. The number of carbonyl (C=O) groups excluding carboxylic acids is 1. The topological polar surface area (TPSA) is 52.1 Å². The molecule has 5 heteroatoms. The number of rotatable bonds is 7. The predicted octanol–water partition coefficient (Wildman–Crippen LogP) is 6.35. The van der Waals surface area contributed by atoms with Crippen LogP contribution in [-0.4, -0.2) is 22.9 Å². The van der Waals surface area contributed by atoms with E-state index in [-0.39, 0.29) is 11.6 Å². The Kier molecular flexibility index (Phi) is 6.59. The molecule has 4 rings (SSSR count). The number of ether oxygens (including phenoxy) is 1. The monoisotopic (exact) mass is 420 g/mol. The SMILES string of the molecule is CC[C@@H](CC(=O)c1ccc(OC)nc1)C1CCC(c2ccnc3c(F)cccc23)CC1. The standard InChI is InChI=1S/C26H29FN2O2/c1-3-17(15-24(30)20-11-12-25(31-2)29-16-20)18-7-9-19(10-8-18)21-13-14-28-26-22(21)5-4-6-23(26)27/h4-6,11-14,16-19H,3,7-10,15H2,1-2H3/t17-,18?,19?/m0/s1. The number of benzene rings is 1. The molecule has 1 fully saturated rings. The number of fused-ring (bicyclic) bond motifs is 1. The van der Waals surface area contributed by atoms with Gasteiger partial charge in [-0.2, -0.15) is 0 Å². The van der Waals surface area contributed by atoms with Crippen molar-refractivity contribution in [1.29, 1.82) is 0 Å². The molecule has 1 aromatic carbocycles. The van der Waals surface area contributed by atoms with Crippen LogP contribution in [0.15, 0.2) is 48.8 Å². The lowest BCUT2D eigenvalue weighted by Crippen LogP contribution is -2.23. The zero-order valence-electron chi connectivity index (χ0n) is 18.2. The zero-order valence-corrected chi connectivity index (χ0v) is 18.2. The molecule has 0 saturated heterocycles. The van der Waals surface area contributed by atoms with Crippen molar-refractivity contribution in [3.8, 4) is 5.88 Å². The van der Waals surface area contributed by atoms with Gasteiger partial charge in [-0.05, 0) is 67.2 Å². The number of para-hydroxylation sites is 1. The molecule has 0 amide bonds. The van der Waals surface area contributed by atoms with Crippen LogP contribution in [0.25, 0.3) is 10.9 Å². The minimum Gasteiger partial charge on any atom is -0.481 e. The third-order valence-electron chi connectivity index (χ3n) is 6.87. The summed E-state index contributed by atoms with van der Waals surface area (Å²) in [6, 6.07) is 10.8. The Morgan fingerprint density at radius 3 is 2.61 bits per heavy atom. The minimum atomic E-state index is -0.259. The van der Waals surface area contributed by atoms with Crippen molar-refractivity contribution in [2.75, 3.05) is 7.11 Å². The summed E-state index contributed by atoms with van der Waals surface area (Å²) < 4.78 is 19.2. The summed E-state index contributed by atoms with van der Waals surface area (Å²) in [6.07, 6.45) is 9.20. The van der Waals surface area contributed by atoms with E-state index < -0.39 is 0 Å². The number of methoxy groups -OCH3 is 1. The van der Waals surface area contributed by atoms with Gasteiger partial charge in [-0.25, -0.2) is 9.37 Å². The lowest BCUT2D eigenvalue weighted by atomic mass is 9.71. The molecular weight excluding hydrogens is 391 g/mol. The number of carbonyl (C=O) groups is 1. The van der Waals surface area contributed by atoms with Crippen LogP contribution in [0.5, 0.6) is 5.88 Å². The molecule has 0 bridgehead atoms. The van der Waals surface area contributed by atoms with Crippen molar-refractivity contribution >= 4 is 16.7 Å². The largest absolute Gasteiger partial charge is 0.481 e. The number of aromatic nitrogens is 2. The fourth-order valence-corrected chi connectivity index (χ4v) is 5.09. The Balaban J connectivity index is 1.41. The number of ketones is 1. The van der Waals surface area contributed by atoms with E-state index in [9.17, 15) is 9.18 Å². The summed E-state index contributed by atoms with van der Waals surface area (Å²) in [4.78, 5) is 21.2. The Morgan fingerprint density at radius 2 is 1.94 bits per heavy atom. The highest BCUT2D eigenvalue weighted by Gasteiger charge is 2.29. The number of Topliss-reactive ketones (excluding diaryl/α,β-unsaturated/α-hetero) is 1. The van der Waals surface area contributed by atoms with Gasteiger partial charge in [0.15, 0.2) is 5.78 Å². The highest BCUT2D eigenvalue weighted by Crippen LogP contribution is 2.42. The zero-order chi connectivity index (χ0) is 21.8. The summed E-state index contributed by atoms with van der Waals surface area (Å²) in [5, 5.41) is 0.931. The first kappa shape index (κ1) is 21.4. The van der Waals surface area contributed by atoms with Gasteiger partial charge in [-0.15, -0.1) is 0 Å². The fraction of sp³-hybridized carbons (Fsp3) is 0.423. The maximum atomic E-state index is 14.1. The highest BCUT2D eigenvalue weighted by molar-refractivity contribution is 5.96. The number of hydrogen-bond acceptors (Lipinski definition) is 4. The molecular formula is C26H29FN2O2. The van der Waals surface area contributed by atoms with Crippen LogP contribution >= 0.6 is 0 Å². The average molecular weight is 421 g/mol. The molecule has 1 saturated carbocycles. The second-order valence-corrected chi connectivity index (χ2v) is 8.53. The van der Waals surface area contributed by atoms with Crippen molar-refractivity contribution in [2.45, 2.75) is 51.4 Å². The molecule has 0 aliphatic heterocycles. The van der Waals surface area contributed by atoms with Crippen LogP contribution in [-0.2, 0) is 0 Å². The van der Waals surface area contributed by atoms with E-state index in [1.165, 1.54) is 11.6 Å². The molecule has 3 aromatic rings. The molecule has 0 radical (unpaired) electrons. The third-order valence-corrected chi connectivity index (χ3v) is 6.87. The molecule has 1 aliphatic rings. The number of halogens is 1. The van der Waals surface area contributed by atoms with Gasteiger partial charge in [-0.1, -0.05) is 25.5 Å². The maximum Gasteiger partial charge on any atom is 0.212 e. The lowest BCUT2D eigenvalue weighted by Gasteiger charge is -2.34. The van der Waals surface area contributed by atoms with Gasteiger partial charge in [0.1, 0.15) is 11.3 Å². The predicted molar refractivity (Wildman–Crippen MR) is 120 cm³/mol. The van der Waals surface area contributed by atoms with Crippen LogP contribution in [0.2, 0.25) is 0 Å². The van der Waals surface area contributed by atoms with Crippen molar-refractivity contribution < 1.29 is 13.9 Å². The first-order valence-corrected chi connectivity index (χ1v) is 11.2. The number of nitrogens with zero attached hydrogens (tertiary/aromatic N) is 2. The van der Waals surface area contributed by atoms with Gasteiger partial charge >= 0.3 is 0 Å². The molecule has 2 heterocycles. The normalized spacial score (nSPS) is 19.8. The van der Waals surface area contributed by atoms with Crippen molar-refractivity contribution in [3.05, 3.63) is 65.7 Å². The molecule has 4 nitrogen and oxygen atoms in total. The molecule has 0 N–H and O–H groups in total. The number of pyridine rings is 2. The van der Waals surface area contributed by atoms with Gasteiger partial charge in [0, 0.05) is 35.8 Å². The van der Waals surface area contributed by atoms with E-state index in [1.54, 1.807) is 37.7 Å². The van der Waals surface area contributed by atoms with Gasteiger partial charge < -0.3 is 4.74 Å². The molecule has 0 spiro atoms. The van der Waals surface area contributed by atoms with Crippen LogP contribution in [0, 0.1) is 17.7 Å². The summed E-state index contributed by atoms with van der Waals surface area (Å²) >= 11 is 0. The van der Waals surface area contributed by atoms with Gasteiger partial charge in [0.05, 0.1) is 7.11 Å². The highest BCUT2D eigenvalue weighted by atomic mass is 19.1. The summed E-state index contributed by atoms with van der Waals surface area (Å²) in [5.74, 6) is 1.75. The lowest BCUT2D eigenvalue weighted by molar-refractivity contribution is 0.0925. The van der Waals surface area contributed by atoms with Crippen LogP contribution in [0.4, 0.5) is 4.39 Å². The first-order chi connectivity index (χ1) is 15.1. The molecule has 1 atom stereocenters. The fourth-order valence-electron chi connectivity index (χ4n) is 5.09. The summed E-state index contributed by atoms with van der Waals surface area (Å²) in [7, 11) is 1.57. The quantitative estimate of drug-likeness (QED) is 0.418. The second-order valence-electron chi connectivity index (χ2n) is 8.53. The minimum absolute atomic E-state index is 0.153. The average Bonchev–Trinajstić information content (AvgIpc) is 2.82. The van der Waals surface area contributed by atoms with Gasteiger partial charge in [0.2, 0.25) is 5.88 Å². The van der Waals surface area contributed by atoms with E-state index in [0.29, 0.717) is 41.1 Å². The van der Waals surface area contributed by atoms with Crippen molar-refractivity contribution in [3.63, 3.8) is 0 Å². The summed E-state index contributed by atoms with van der Waals surface area (Å²) in [6.45, 7) is 2.18. The third kappa shape index (κ3) is 4.60. The van der Waals surface area contributed by atoms with E-state index in [2.05, 4.69) is 16.9 Å². The molecule has 162 valence electrons. The van der Waals surface area contributed by atoms with Gasteiger partial charge in [0.25, 0.3) is 0 Å². The maximum absolute atomic E-state index is 14.1. The molecule has 0 unspecified atom stereocenters. The van der Waals surface area contributed by atoms with E-state index in [4.69, 9.17) is 4.74 Å². The van der Waals surface area contributed by atoms with Gasteiger partial charge in [-0.3, -0.25) is 9.78 Å². The Morgan fingerprint density at radius 1 is 1.13 bits per heavy atom. The van der Waals surface area contributed by atoms with Crippen molar-refractivity contribution in [1.82, 2.24) is 9.97 Å². The first-order valence-electron chi connectivity index (χ1n) is 11.2.